The van der Waals surface area contributed by atoms with Crippen molar-refractivity contribution >= 4 is 30.7 Å². The Balaban J connectivity index is 0.00000196. The molecule has 2 aromatic rings. The number of halogens is 5. The number of aromatic nitrogens is 1. The van der Waals surface area contributed by atoms with E-state index in [1.54, 1.807) is 12.0 Å². The number of piperazine rings is 1. The molecule has 1 amide bonds. The monoisotopic (exact) mass is 437 g/mol. The molecule has 5 nitrogen and oxygen atoms in total. The summed E-state index contributed by atoms with van der Waals surface area (Å²) in [6.07, 6.45) is -3.79. The summed E-state index contributed by atoms with van der Waals surface area (Å²) in [5, 5.41) is 3.23. The largest absolute Gasteiger partial charge is 0.496 e. The Hall–Kier alpha value is -2.03. The van der Waals surface area contributed by atoms with Crippen LogP contribution in [-0.2, 0) is 6.18 Å². The summed E-state index contributed by atoms with van der Waals surface area (Å²) >= 11 is 0. The van der Waals surface area contributed by atoms with E-state index in [0.29, 0.717) is 31.6 Å². The second-order valence-electron chi connectivity index (χ2n) is 5.89. The first kappa shape index (κ1) is 24.0. The fraction of sp³-hybridized carbons (Fsp3) is 0.333. The maximum atomic E-state index is 12.9. The van der Waals surface area contributed by atoms with Crippen LogP contribution in [0.1, 0.15) is 27.7 Å². The molecule has 1 aliphatic rings. The van der Waals surface area contributed by atoms with Gasteiger partial charge >= 0.3 is 6.18 Å². The van der Waals surface area contributed by atoms with Crippen LogP contribution in [0.2, 0.25) is 0 Å². The summed E-state index contributed by atoms with van der Waals surface area (Å²) in [5.41, 5.74) is -0.0575. The van der Waals surface area contributed by atoms with E-state index in [1.807, 2.05) is 24.3 Å². The molecule has 2 heterocycles. The summed E-state index contributed by atoms with van der Waals surface area (Å²) in [5.74, 6) is 0.246. The van der Waals surface area contributed by atoms with Crippen LogP contribution in [0.25, 0.3) is 0 Å². The number of carbonyl (C=O) groups is 1. The second kappa shape index (κ2) is 9.95. The molecule has 28 heavy (non-hydrogen) atoms. The van der Waals surface area contributed by atoms with Crippen molar-refractivity contribution in [1.82, 2.24) is 15.2 Å². The highest BCUT2D eigenvalue weighted by Gasteiger charge is 2.33. The van der Waals surface area contributed by atoms with Crippen molar-refractivity contribution in [2.75, 3.05) is 26.7 Å². The zero-order valence-corrected chi connectivity index (χ0v) is 16.5. The van der Waals surface area contributed by atoms with Crippen molar-refractivity contribution in [3.05, 3.63) is 59.4 Å². The summed E-state index contributed by atoms with van der Waals surface area (Å²) in [6.45, 7) is 1.54. The van der Waals surface area contributed by atoms with Gasteiger partial charge in [0.2, 0.25) is 0 Å². The van der Waals surface area contributed by atoms with Crippen molar-refractivity contribution < 1.29 is 22.7 Å². The fourth-order valence-corrected chi connectivity index (χ4v) is 3.00. The van der Waals surface area contributed by atoms with Gasteiger partial charge in [0.25, 0.3) is 5.91 Å². The number of carbonyl (C=O) groups excluding carboxylic acids is 1. The molecule has 0 aliphatic carbocycles. The van der Waals surface area contributed by atoms with Gasteiger partial charge in [-0.05, 0) is 18.2 Å². The summed E-state index contributed by atoms with van der Waals surface area (Å²) in [4.78, 5) is 18.2. The molecule has 0 radical (unpaired) electrons. The van der Waals surface area contributed by atoms with Crippen LogP contribution >= 0.6 is 24.8 Å². The van der Waals surface area contributed by atoms with Crippen molar-refractivity contribution in [3.8, 4) is 5.75 Å². The summed E-state index contributed by atoms with van der Waals surface area (Å²) < 4.78 is 43.4. The lowest BCUT2D eigenvalue weighted by Gasteiger charge is -2.36. The molecule has 0 bridgehead atoms. The molecule has 1 saturated heterocycles. The highest BCUT2D eigenvalue weighted by molar-refractivity contribution is 5.92. The molecule has 1 fully saturated rings. The first-order valence-electron chi connectivity index (χ1n) is 8.09. The third-order valence-electron chi connectivity index (χ3n) is 4.31. The number of amides is 1. The molecule has 1 aromatic heterocycles. The van der Waals surface area contributed by atoms with Crippen LogP contribution in [0.15, 0.2) is 42.6 Å². The quantitative estimate of drug-likeness (QED) is 0.794. The molecular weight excluding hydrogens is 418 g/mol. The van der Waals surface area contributed by atoms with Gasteiger partial charge in [0.05, 0.1) is 18.7 Å². The van der Waals surface area contributed by atoms with Gasteiger partial charge in [-0.15, -0.1) is 24.8 Å². The van der Waals surface area contributed by atoms with Gasteiger partial charge < -0.3 is 15.0 Å². The van der Waals surface area contributed by atoms with Gasteiger partial charge in [0, 0.05) is 31.4 Å². The molecule has 154 valence electrons. The van der Waals surface area contributed by atoms with E-state index in [4.69, 9.17) is 4.74 Å². The van der Waals surface area contributed by atoms with E-state index in [9.17, 15) is 18.0 Å². The molecule has 0 saturated carbocycles. The molecule has 1 aromatic carbocycles. The topological polar surface area (TPSA) is 54.5 Å². The molecule has 1 aliphatic heterocycles. The van der Waals surface area contributed by atoms with Gasteiger partial charge in [-0.1, -0.05) is 18.2 Å². The Labute approximate surface area is 173 Å². The SMILES string of the molecule is COc1ccccc1C1CNCCN1C(=O)c1ccc(C(F)(F)F)cn1.Cl.Cl. The van der Waals surface area contributed by atoms with E-state index in [-0.39, 0.29) is 36.5 Å². The molecular formula is C18H20Cl2F3N3O2. The Morgan fingerprint density at radius 3 is 2.54 bits per heavy atom. The Kier molecular flexibility index (Phi) is 8.53. The molecule has 1 atom stereocenters. The molecule has 0 spiro atoms. The maximum absolute atomic E-state index is 12.9. The Morgan fingerprint density at radius 2 is 1.93 bits per heavy atom. The predicted molar refractivity (Wildman–Crippen MR) is 103 cm³/mol. The molecule has 1 N–H and O–H groups in total. The standard InChI is InChI=1S/C18H18F3N3O2.2ClH/c1-26-16-5-3-2-4-13(16)15-11-22-8-9-24(15)17(25)14-7-6-12(10-23-14)18(19,20)21;;/h2-7,10,15,22H,8-9,11H2,1H3;2*1H. The number of nitrogens with one attached hydrogen (secondary N) is 1. The number of alkyl halides is 3. The number of rotatable bonds is 3. The van der Waals surface area contributed by atoms with Gasteiger partial charge in [-0.25, -0.2) is 0 Å². The van der Waals surface area contributed by atoms with E-state index in [0.717, 1.165) is 17.7 Å². The fourth-order valence-electron chi connectivity index (χ4n) is 3.00. The summed E-state index contributed by atoms with van der Waals surface area (Å²) in [7, 11) is 1.55. The minimum Gasteiger partial charge on any atom is -0.496 e. The predicted octanol–water partition coefficient (Wildman–Crippen LogP) is 3.74. The highest BCUT2D eigenvalue weighted by Crippen LogP contribution is 2.32. The Bertz CT molecular complexity index is 788. The normalized spacial score (nSPS) is 16.6. The Morgan fingerprint density at radius 1 is 1.21 bits per heavy atom. The lowest BCUT2D eigenvalue weighted by molar-refractivity contribution is -0.137. The number of hydrogen-bond donors (Lipinski definition) is 1. The minimum atomic E-state index is -4.48. The van der Waals surface area contributed by atoms with E-state index < -0.39 is 17.6 Å². The average Bonchev–Trinajstić information content (AvgIpc) is 2.67. The number of para-hydroxylation sites is 1. The average molecular weight is 438 g/mol. The van der Waals surface area contributed by atoms with Gasteiger partial charge in [0.1, 0.15) is 11.4 Å². The number of pyridine rings is 1. The zero-order chi connectivity index (χ0) is 18.7. The van der Waals surface area contributed by atoms with Crippen LogP contribution in [0.5, 0.6) is 5.75 Å². The van der Waals surface area contributed by atoms with Crippen LogP contribution in [0, 0.1) is 0 Å². The van der Waals surface area contributed by atoms with Crippen LogP contribution < -0.4 is 10.1 Å². The van der Waals surface area contributed by atoms with E-state index in [1.165, 1.54) is 0 Å². The maximum Gasteiger partial charge on any atom is 0.417 e. The van der Waals surface area contributed by atoms with E-state index in [2.05, 4.69) is 10.3 Å². The van der Waals surface area contributed by atoms with Crippen LogP contribution in [0.4, 0.5) is 13.2 Å². The number of benzene rings is 1. The summed E-state index contributed by atoms with van der Waals surface area (Å²) in [6, 6.07) is 9.07. The van der Waals surface area contributed by atoms with Gasteiger partial charge in [0.15, 0.2) is 0 Å². The van der Waals surface area contributed by atoms with Crippen molar-refractivity contribution in [1.29, 1.82) is 0 Å². The zero-order valence-electron chi connectivity index (χ0n) is 14.9. The van der Waals surface area contributed by atoms with Crippen LogP contribution in [0.3, 0.4) is 0 Å². The van der Waals surface area contributed by atoms with E-state index >= 15 is 0 Å². The third-order valence-corrected chi connectivity index (χ3v) is 4.31. The van der Waals surface area contributed by atoms with Crippen molar-refractivity contribution in [2.45, 2.75) is 12.2 Å². The second-order valence-corrected chi connectivity index (χ2v) is 5.89. The van der Waals surface area contributed by atoms with Crippen molar-refractivity contribution in [3.63, 3.8) is 0 Å². The lowest BCUT2D eigenvalue weighted by Crippen LogP contribution is -2.49. The van der Waals surface area contributed by atoms with Gasteiger partial charge in [-0.2, -0.15) is 13.2 Å². The third kappa shape index (κ3) is 5.06. The van der Waals surface area contributed by atoms with Crippen molar-refractivity contribution in [2.24, 2.45) is 0 Å². The minimum absolute atomic E-state index is 0. The highest BCUT2D eigenvalue weighted by atomic mass is 35.5. The number of nitrogens with zero attached hydrogens (tertiary/aromatic N) is 2. The lowest BCUT2D eigenvalue weighted by atomic mass is 10.0. The first-order chi connectivity index (χ1) is 12.4. The molecule has 1 unspecified atom stereocenters. The number of ether oxygens (including phenoxy) is 1. The number of hydrogen-bond acceptors (Lipinski definition) is 4. The number of methoxy groups -OCH3 is 1. The van der Waals surface area contributed by atoms with Crippen LogP contribution in [-0.4, -0.2) is 42.5 Å². The smallest absolute Gasteiger partial charge is 0.417 e. The molecule has 10 heteroatoms. The first-order valence-corrected chi connectivity index (χ1v) is 8.09. The van der Waals surface area contributed by atoms with Gasteiger partial charge in [-0.3, -0.25) is 9.78 Å². The molecule has 3 rings (SSSR count).